The van der Waals surface area contributed by atoms with E-state index in [0.29, 0.717) is 11.3 Å². The number of hydrogen-bond acceptors (Lipinski definition) is 4. The van der Waals surface area contributed by atoms with Gasteiger partial charge in [0.25, 0.3) is 0 Å². The first kappa shape index (κ1) is 18.9. The molecule has 0 atom stereocenters. The fraction of sp³-hybridized carbons (Fsp3) is 0.273. The summed E-state index contributed by atoms with van der Waals surface area (Å²) < 4.78 is 2.54. The van der Waals surface area contributed by atoms with Gasteiger partial charge >= 0.3 is 5.69 Å². The molecule has 0 aliphatic carbocycles. The van der Waals surface area contributed by atoms with Crippen molar-refractivity contribution in [2.24, 2.45) is 0 Å². The van der Waals surface area contributed by atoms with Crippen LogP contribution in [0.3, 0.4) is 0 Å². The van der Waals surface area contributed by atoms with Crippen LogP contribution in [0.15, 0.2) is 53.6 Å². The molecule has 29 heavy (non-hydrogen) atoms. The third kappa shape index (κ3) is 3.76. The molecule has 0 aliphatic rings. The molecule has 148 valence electrons. The Morgan fingerprint density at radius 3 is 2.69 bits per heavy atom. The van der Waals surface area contributed by atoms with E-state index in [1.54, 1.807) is 0 Å². The number of aromatic nitrogens is 4. The topological polar surface area (TPSA) is 81.3 Å². The van der Waals surface area contributed by atoms with Crippen LogP contribution in [0.25, 0.3) is 16.6 Å². The molecule has 0 radical (unpaired) electrons. The van der Waals surface area contributed by atoms with Gasteiger partial charge in [-0.2, -0.15) is 0 Å². The maximum atomic E-state index is 12.6. The Hall–Kier alpha value is -3.48. The molecule has 0 spiro atoms. The summed E-state index contributed by atoms with van der Waals surface area (Å²) in [6.45, 7) is 3.96. The molecular weight excluding hydrogens is 366 g/mol. The minimum Gasteiger partial charge on any atom is -0.324 e. The van der Waals surface area contributed by atoms with Crippen LogP contribution in [-0.4, -0.2) is 25.1 Å². The van der Waals surface area contributed by atoms with Crippen molar-refractivity contribution in [3.05, 3.63) is 70.4 Å². The minimum absolute atomic E-state index is 0.161. The molecule has 0 saturated heterocycles. The van der Waals surface area contributed by atoms with Crippen LogP contribution in [0, 0.1) is 6.92 Å². The fourth-order valence-electron chi connectivity index (χ4n) is 3.41. The number of anilines is 1. The first-order chi connectivity index (χ1) is 14.1. The van der Waals surface area contributed by atoms with Crippen molar-refractivity contribution in [2.45, 2.75) is 39.7 Å². The maximum absolute atomic E-state index is 12.6. The van der Waals surface area contributed by atoms with Gasteiger partial charge in [-0.05, 0) is 49.1 Å². The van der Waals surface area contributed by atoms with Gasteiger partial charge in [0.1, 0.15) is 12.9 Å². The van der Waals surface area contributed by atoms with Crippen molar-refractivity contribution in [2.75, 3.05) is 5.32 Å². The van der Waals surface area contributed by atoms with E-state index in [-0.39, 0.29) is 18.1 Å². The van der Waals surface area contributed by atoms with E-state index in [1.165, 1.54) is 21.0 Å². The van der Waals surface area contributed by atoms with Crippen LogP contribution in [0.5, 0.6) is 0 Å². The van der Waals surface area contributed by atoms with E-state index in [9.17, 15) is 9.59 Å². The highest BCUT2D eigenvalue weighted by molar-refractivity contribution is 5.93. The lowest BCUT2D eigenvalue weighted by molar-refractivity contribution is -0.117. The summed E-state index contributed by atoms with van der Waals surface area (Å²) in [6.07, 6.45) is 4.79. The second kappa shape index (κ2) is 7.87. The lowest BCUT2D eigenvalue weighted by Gasteiger charge is -2.06. The monoisotopic (exact) mass is 389 g/mol. The molecule has 0 aliphatic heterocycles. The number of rotatable bonds is 6. The van der Waals surface area contributed by atoms with Gasteiger partial charge in [-0.25, -0.2) is 18.9 Å². The van der Waals surface area contributed by atoms with E-state index < -0.39 is 0 Å². The number of amides is 1. The second-order valence-electron chi connectivity index (χ2n) is 7.20. The number of para-hydroxylation sites is 1. The molecule has 2 aromatic carbocycles. The zero-order chi connectivity index (χ0) is 20.4. The van der Waals surface area contributed by atoms with Gasteiger partial charge < -0.3 is 5.32 Å². The molecule has 0 saturated carbocycles. The SMILES string of the molecule is CCCCc1ccc(NC(=O)Cn2nc3c4cccc(C)c4ncn3c2=O)cc1. The summed E-state index contributed by atoms with van der Waals surface area (Å²) in [6, 6.07) is 13.5. The van der Waals surface area contributed by atoms with E-state index in [0.717, 1.165) is 35.7 Å². The Labute approximate surface area is 168 Å². The number of nitrogens with one attached hydrogen (secondary N) is 1. The van der Waals surface area contributed by atoms with Gasteiger partial charge in [0.2, 0.25) is 5.91 Å². The Kier molecular flexibility index (Phi) is 5.12. The lowest BCUT2D eigenvalue weighted by Crippen LogP contribution is -2.28. The predicted octanol–water partition coefficient (Wildman–Crippen LogP) is 3.33. The fourth-order valence-corrected chi connectivity index (χ4v) is 3.41. The quantitative estimate of drug-likeness (QED) is 0.548. The molecule has 0 unspecified atom stereocenters. The molecule has 7 heteroatoms. The first-order valence-electron chi connectivity index (χ1n) is 9.79. The van der Waals surface area contributed by atoms with Crippen molar-refractivity contribution in [3.8, 4) is 0 Å². The van der Waals surface area contributed by atoms with E-state index >= 15 is 0 Å². The number of carbonyl (C=O) groups is 1. The number of unbranched alkanes of at least 4 members (excludes halogenated alkanes) is 1. The van der Waals surface area contributed by atoms with Crippen molar-refractivity contribution in [1.82, 2.24) is 19.2 Å². The Morgan fingerprint density at radius 2 is 1.93 bits per heavy atom. The van der Waals surface area contributed by atoms with Gasteiger partial charge in [-0.1, -0.05) is 37.6 Å². The zero-order valence-electron chi connectivity index (χ0n) is 16.6. The normalized spacial score (nSPS) is 11.2. The number of benzene rings is 2. The molecule has 0 bridgehead atoms. The number of aryl methyl sites for hydroxylation is 2. The molecule has 7 nitrogen and oxygen atoms in total. The molecule has 4 aromatic rings. The van der Waals surface area contributed by atoms with Crippen LogP contribution < -0.4 is 11.0 Å². The standard InChI is InChI=1S/C22H23N5O2/c1-3-4-7-16-9-11-17(12-10-16)24-19(28)13-27-22(29)26-14-23-20-15(2)6-5-8-18(20)21(26)25-27/h5-6,8-12,14H,3-4,7,13H2,1-2H3,(H,24,28). The van der Waals surface area contributed by atoms with Crippen LogP contribution in [0.4, 0.5) is 5.69 Å². The van der Waals surface area contributed by atoms with E-state index in [2.05, 4.69) is 22.3 Å². The van der Waals surface area contributed by atoms with Gasteiger partial charge in [-0.3, -0.25) is 4.79 Å². The predicted molar refractivity (Wildman–Crippen MR) is 113 cm³/mol. The summed E-state index contributed by atoms with van der Waals surface area (Å²) >= 11 is 0. The largest absolute Gasteiger partial charge is 0.352 e. The molecule has 4 rings (SSSR count). The van der Waals surface area contributed by atoms with E-state index in [4.69, 9.17) is 0 Å². The zero-order valence-corrected chi connectivity index (χ0v) is 16.6. The Balaban J connectivity index is 1.55. The summed E-state index contributed by atoms with van der Waals surface area (Å²) in [5, 5.41) is 7.99. The van der Waals surface area contributed by atoms with Crippen LogP contribution >= 0.6 is 0 Å². The molecule has 1 amide bonds. The highest BCUT2D eigenvalue weighted by atomic mass is 16.2. The number of carbonyl (C=O) groups excluding carboxylic acids is 1. The number of fused-ring (bicyclic) bond motifs is 3. The lowest BCUT2D eigenvalue weighted by atomic mass is 10.1. The Morgan fingerprint density at radius 1 is 1.14 bits per heavy atom. The first-order valence-corrected chi connectivity index (χ1v) is 9.79. The third-order valence-corrected chi connectivity index (χ3v) is 5.00. The molecule has 0 fully saturated rings. The summed E-state index contributed by atoms with van der Waals surface area (Å²) in [5.74, 6) is -0.301. The van der Waals surface area contributed by atoms with Crippen molar-refractivity contribution in [3.63, 3.8) is 0 Å². The Bertz CT molecular complexity index is 1240. The minimum atomic E-state index is -0.388. The van der Waals surface area contributed by atoms with Gasteiger partial charge in [0.15, 0.2) is 5.65 Å². The highest BCUT2D eigenvalue weighted by Crippen LogP contribution is 2.18. The van der Waals surface area contributed by atoms with Crippen LogP contribution in [0.2, 0.25) is 0 Å². The van der Waals surface area contributed by atoms with Crippen molar-refractivity contribution >= 4 is 28.1 Å². The van der Waals surface area contributed by atoms with E-state index in [1.807, 2.05) is 49.4 Å². The van der Waals surface area contributed by atoms with Crippen LogP contribution in [-0.2, 0) is 17.8 Å². The molecule has 2 aromatic heterocycles. The van der Waals surface area contributed by atoms with Gasteiger partial charge in [0.05, 0.1) is 5.52 Å². The third-order valence-electron chi connectivity index (χ3n) is 5.00. The second-order valence-corrected chi connectivity index (χ2v) is 7.20. The summed E-state index contributed by atoms with van der Waals surface area (Å²) in [7, 11) is 0. The van der Waals surface area contributed by atoms with Gasteiger partial charge in [-0.15, -0.1) is 5.10 Å². The molecule has 1 N–H and O–H groups in total. The van der Waals surface area contributed by atoms with Crippen molar-refractivity contribution in [1.29, 1.82) is 0 Å². The summed E-state index contributed by atoms with van der Waals surface area (Å²) in [5.41, 5.74) is 3.86. The van der Waals surface area contributed by atoms with Gasteiger partial charge in [0, 0.05) is 11.1 Å². The molecule has 2 heterocycles. The van der Waals surface area contributed by atoms with Crippen LogP contribution in [0.1, 0.15) is 30.9 Å². The molecular formula is C22H23N5O2. The number of hydrogen-bond donors (Lipinski definition) is 1. The summed E-state index contributed by atoms with van der Waals surface area (Å²) in [4.78, 5) is 29.5. The van der Waals surface area contributed by atoms with Crippen molar-refractivity contribution < 1.29 is 4.79 Å². The maximum Gasteiger partial charge on any atom is 0.352 e. The smallest absolute Gasteiger partial charge is 0.324 e. The highest BCUT2D eigenvalue weighted by Gasteiger charge is 2.14. The average Bonchev–Trinajstić information content (AvgIpc) is 3.03. The number of nitrogens with zero attached hydrogens (tertiary/aromatic N) is 4. The average molecular weight is 389 g/mol.